The van der Waals surface area contributed by atoms with E-state index < -0.39 is 0 Å². The molecule has 1 aliphatic carbocycles. The quantitative estimate of drug-likeness (QED) is 0.870. The van der Waals surface area contributed by atoms with Crippen LogP contribution in [0.5, 0.6) is 0 Å². The molecule has 0 bridgehead atoms. The predicted molar refractivity (Wildman–Crippen MR) is 89.4 cm³/mol. The van der Waals surface area contributed by atoms with E-state index in [1.165, 1.54) is 38.5 Å². The zero-order valence-corrected chi connectivity index (χ0v) is 13.1. The largest absolute Gasteiger partial charge is 0.366 e. The van der Waals surface area contributed by atoms with Crippen LogP contribution in [0.3, 0.4) is 0 Å². The second-order valence-corrected chi connectivity index (χ2v) is 5.87. The molecule has 1 fully saturated rings. The Kier molecular flexibility index (Phi) is 4.83. The molecule has 2 aromatic rings. The molecule has 0 spiro atoms. The number of hydrogen-bond acceptors (Lipinski definition) is 5. The Morgan fingerprint density at radius 1 is 1.05 bits per heavy atom. The van der Waals surface area contributed by atoms with Crippen LogP contribution < -0.4 is 10.2 Å². The van der Waals surface area contributed by atoms with Crippen LogP contribution in [0.4, 0.5) is 17.5 Å². The fourth-order valence-corrected chi connectivity index (χ4v) is 2.91. The first-order valence-corrected chi connectivity index (χ1v) is 8.08. The highest BCUT2D eigenvalue weighted by molar-refractivity contribution is 5.56. The molecular weight excluding hydrogens is 274 g/mol. The monoisotopic (exact) mass is 297 g/mol. The van der Waals surface area contributed by atoms with Gasteiger partial charge in [0.2, 0.25) is 0 Å². The Balaban J connectivity index is 1.72. The zero-order valence-electron chi connectivity index (χ0n) is 13.1. The molecule has 0 unspecified atom stereocenters. The summed E-state index contributed by atoms with van der Waals surface area (Å²) in [5.41, 5.74) is 1.05. The molecule has 22 heavy (non-hydrogen) atoms. The summed E-state index contributed by atoms with van der Waals surface area (Å²) in [5.74, 6) is 1.43. The minimum Gasteiger partial charge on any atom is -0.366 e. The van der Waals surface area contributed by atoms with E-state index in [-0.39, 0.29) is 0 Å². The Morgan fingerprint density at radius 3 is 2.50 bits per heavy atom. The number of nitrogens with one attached hydrogen (secondary N) is 1. The summed E-state index contributed by atoms with van der Waals surface area (Å²) in [4.78, 5) is 6.56. The first kappa shape index (κ1) is 14.8. The molecule has 1 N–H and O–H groups in total. The summed E-state index contributed by atoms with van der Waals surface area (Å²) < 4.78 is 0. The van der Waals surface area contributed by atoms with Gasteiger partial charge in [-0.15, -0.1) is 5.10 Å². The van der Waals surface area contributed by atoms with E-state index in [2.05, 4.69) is 20.5 Å². The van der Waals surface area contributed by atoms with E-state index in [9.17, 15) is 0 Å². The van der Waals surface area contributed by atoms with Crippen molar-refractivity contribution in [2.45, 2.75) is 44.6 Å². The molecule has 3 rings (SSSR count). The van der Waals surface area contributed by atoms with Crippen LogP contribution in [0.2, 0.25) is 0 Å². The minimum absolute atomic E-state index is 0.508. The third-order valence-electron chi connectivity index (χ3n) is 4.20. The molecule has 1 aromatic heterocycles. The van der Waals surface area contributed by atoms with Gasteiger partial charge >= 0.3 is 0 Å². The second kappa shape index (κ2) is 7.20. The van der Waals surface area contributed by atoms with Crippen molar-refractivity contribution < 1.29 is 0 Å². The average molecular weight is 297 g/mol. The highest BCUT2D eigenvalue weighted by Crippen LogP contribution is 2.22. The molecule has 0 aliphatic heterocycles. The third-order valence-corrected chi connectivity index (χ3v) is 4.20. The van der Waals surface area contributed by atoms with Crippen molar-refractivity contribution in [1.29, 1.82) is 0 Å². The fraction of sp³-hybridized carbons (Fsp3) is 0.471. The summed E-state index contributed by atoms with van der Waals surface area (Å²) in [5, 5.41) is 11.8. The van der Waals surface area contributed by atoms with Crippen molar-refractivity contribution >= 4 is 17.5 Å². The molecule has 0 saturated heterocycles. The highest BCUT2D eigenvalue weighted by atomic mass is 15.3. The van der Waals surface area contributed by atoms with E-state index in [1.807, 2.05) is 42.3 Å². The molecule has 5 nitrogen and oxygen atoms in total. The van der Waals surface area contributed by atoms with Gasteiger partial charge in [0.1, 0.15) is 0 Å². The summed E-state index contributed by atoms with van der Waals surface area (Å²) in [7, 11) is 1.96. The molecule has 0 atom stereocenters. The zero-order chi connectivity index (χ0) is 15.2. The maximum Gasteiger partial charge on any atom is 0.251 e. The maximum absolute atomic E-state index is 4.61. The molecule has 5 heteroatoms. The van der Waals surface area contributed by atoms with Crippen LogP contribution in [0.1, 0.15) is 38.5 Å². The predicted octanol–water partition coefficient (Wildman–Crippen LogP) is 3.77. The number of hydrogen-bond donors (Lipinski definition) is 1. The first-order valence-electron chi connectivity index (χ1n) is 8.08. The van der Waals surface area contributed by atoms with Gasteiger partial charge < -0.3 is 10.2 Å². The van der Waals surface area contributed by atoms with Gasteiger partial charge in [-0.25, -0.2) is 0 Å². The van der Waals surface area contributed by atoms with Gasteiger partial charge in [0.25, 0.3) is 5.95 Å². The lowest BCUT2D eigenvalue weighted by atomic mass is 10.1. The van der Waals surface area contributed by atoms with Gasteiger partial charge in [-0.2, -0.15) is 10.1 Å². The van der Waals surface area contributed by atoms with Crippen molar-refractivity contribution in [1.82, 2.24) is 15.2 Å². The fourth-order valence-electron chi connectivity index (χ4n) is 2.91. The van der Waals surface area contributed by atoms with Crippen molar-refractivity contribution in [3.63, 3.8) is 0 Å². The number of para-hydroxylation sites is 1. The van der Waals surface area contributed by atoms with Gasteiger partial charge in [0, 0.05) is 18.8 Å². The van der Waals surface area contributed by atoms with Crippen molar-refractivity contribution in [2.24, 2.45) is 0 Å². The first-order chi connectivity index (χ1) is 10.8. The minimum atomic E-state index is 0.508. The molecule has 1 heterocycles. The van der Waals surface area contributed by atoms with E-state index >= 15 is 0 Å². The summed E-state index contributed by atoms with van der Waals surface area (Å²) in [6.45, 7) is 0. The van der Waals surface area contributed by atoms with E-state index in [1.54, 1.807) is 6.20 Å². The van der Waals surface area contributed by atoms with Crippen LogP contribution in [0, 0.1) is 0 Å². The third kappa shape index (κ3) is 3.72. The number of aromatic nitrogens is 3. The Hall–Kier alpha value is -2.17. The Labute approximate surface area is 131 Å². The lowest BCUT2D eigenvalue weighted by molar-refractivity contribution is 0.616. The van der Waals surface area contributed by atoms with E-state index in [4.69, 9.17) is 0 Å². The number of anilines is 3. The molecule has 0 amide bonds. The number of nitrogens with zero attached hydrogens (tertiary/aromatic N) is 4. The van der Waals surface area contributed by atoms with Crippen LogP contribution in [0.25, 0.3) is 0 Å². The maximum atomic E-state index is 4.61. The van der Waals surface area contributed by atoms with Crippen molar-refractivity contribution in [3.05, 3.63) is 36.5 Å². The number of rotatable bonds is 4. The summed E-state index contributed by atoms with van der Waals surface area (Å²) >= 11 is 0. The molecule has 116 valence electrons. The van der Waals surface area contributed by atoms with Gasteiger partial charge in [-0.05, 0) is 25.0 Å². The second-order valence-electron chi connectivity index (χ2n) is 5.87. The standard InChI is InChI=1S/C17H23N5/c1-22(15-11-7-4-8-12-15)17-20-16(13-18-21-17)19-14-9-5-2-3-6-10-14/h4,7-8,11-14H,2-3,5-6,9-10H2,1H3,(H,19,20,21). The van der Waals surface area contributed by atoms with Crippen LogP contribution in [-0.4, -0.2) is 28.3 Å². The SMILES string of the molecule is CN(c1ccccc1)c1nncc(NC2CCCCCC2)n1. The number of benzene rings is 1. The van der Waals surface area contributed by atoms with Crippen LogP contribution >= 0.6 is 0 Å². The van der Waals surface area contributed by atoms with Gasteiger partial charge in [-0.3, -0.25) is 0 Å². The van der Waals surface area contributed by atoms with Gasteiger partial charge in [-0.1, -0.05) is 43.9 Å². The van der Waals surface area contributed by atoms with E-state index in [0.29, 0.717) is 12.0 Å². The lowest BCUT2D eigenvalue weighted by Crippen LogP contribution is -2.21. The van der Waals surface area contributed by atoms with Gasteiger partial charge in [0.15, 0.2) is 5.82 Å². The van der Waals surface area contributed by atoms with Gasteiger partial charge in [0.05, 0.1) is 6.20 Å². The molecule has 1 saturated carbocycles. The van der Waals surface area contributed by atoms with E-state index in [0.717, 1.165) is 11.5 Å². The molecular formula is C17H23N5. The molecule has 0 radical (unpaired) electrons. The molecule has 1 aliphatic rings. The Morgan fingerprint density at radius 2 is 1.77 bits per heavy atom. The smallest absolute Gasteiger partial charge is 0.251 e. The Bertz CT molecular complexity index is 579. The summed E-state index contributed by atoms with van der Waals surface area (Å²) in [6, 6.07) is 10.6. The topological polar surface area (TPSA) is 53.9 Å². The lowest BCUT2D eigenvalue weighted by Gasteiger charge is -2.19. The normalized spacial score (nSPS) is 16.0. The van der Waals surface area contributed by atoms with Crippen molar-refractivity contribution in [3.8, 4) is 0 Å². The van der Waals surface area contributed by atoms with Crippen molar-refractivity contribution in [2.75, 3.05) is 17.3 Å². The highest BCUT2D eigenvalue weighted by Gasteiger charge is 2.14. The molecule has 1 aromatic carbocycles. The van der Waals surface area contributed by atoms with Crippen LogP contribution in [0.15, 0.2) is 36.5 Å². The average Bonchev–Trinajstić information content (AvgIpc) is 2.84. The van der Waals surface area contributed by atoms with Crippen LogP contribution in [-0.2, 0) is 0 Å². The summed E-state index contributed by atoms with van der Waals surface area (Å²) in [6.07, 6.45) is 9.44.